The predicted octanol–water partition coefficient (Wildman–Crippen LogP) is 6.96. The first-order valence-corrected chi connectivity index (χ1v) is 13.2. The minimum Gasteiger partial charge on any atom is -0.393 e. The minimum atomic E-state index is -0.150. The highest BCUT2D eigenvalue weighted by Gasteiger charge is 2.64. The van der Waals surface area contributed by atoms with Gasteiger partial charge in [-0.05, 0) is 110 Å². The van der Waals surface area contributed by atoms with Crippen LogP contribution in [0.4, 0.5) is 0 Å². The fourth-order valence-corrected chi connectivity index (χ4v) is 10.1. The van der Waals surface area contributed by atoms with E-state index in [1.165, 1.54) is 51.2 Å². The molecular weight excluding hydrogens is 380 g/mol. The standard InChI is InChI=1S/C29H46O2/c1-25(2)15-16-29(18-30)14-10-21-19-7-8-22-26(3,4)24(31)11-13-27(22,5)20(19)9-12-28(21,6)23(29)17-25/h10,18-20,22-24,31H,7-9,11-17H2,1-6H3/t19-,20+,22-,23-,24-,27+,28-,29+/m1/s1. The van der Waals surface area contributed by atoms with Gasteiger partial charge in [-0.1, -0.05) is 53.2 Å². The van der Waals surface area contributed by atoms with Gasteiger partial charge in [-0.25, -0.2) is 0 Å². The van der Waals surface area contributed by atoms with Gasteiger partial charge in [0.05, 0.1) is 6.10 Å². The molecule has 5 aliphatic carbocycles. The molecule has 0 unspecified atom stereocenters. The maximum atomic E-state index is 12.5. The zero-order valence-electron chi connectivity index (χ0n) is 21.0. The molecule has 174 valence electrons. The van der Waals surface area contributed by atoms with E-state index in [9.17, 15) is 9.90 Å². The number of hydrogen-bond acceptors (Lipinski definition) is 2. The van der Waals surface area contributed by atoms with Crippen LogP contribution in [0.3, 0.4) is 0 Å². The molecule has 4 fully saturated rings. The molecule has 0 aliphatic heterocycles. The summed E-state index contributed by atoms with van der Waals surface area (Å²) in [5.41, 5.74) is 2.56. The van der Waals surface area contributed by atoms with E-state index in [2.05, 4.69) is 47.6 Å². The summed E-state index contributed by atoms with van der Waals surface area (Å²) in [5, 5.41) is 10.8. The van der Waals surface area contributed by atoms with Gasteiger partial charge in [0.2, 0.25) is 0 Å². The third kappa shape index (κ3) is 2.88. The summed E-state index contributed by atoms with van der Waals surface area (Å²) in [7, 11) is 0. The van der Waals surface area contributed by atoms with Crippen LogP contribution in [-0.4, -0.2) is 17.5 Å². The van der Waals surface area contributed by atoms with E-state index in [4.69, 9.17) is 0 Å². The molecule has 0 bridgehead atoms. The largest absolute Gasteiger partial charge is 0.393 e. The van der Waals surface area contributed by atoms with Crippen LogP contribution in [0.25, 0.3) is 0 Å². The number of rotatable bonds is 1. The molecule has 31 heavy (non-hydrogen) atoms. The molecule has 1 N–H and O–H groups in total. The molecule has 8 atom stereocenters. The second-order valence-electron chi connectivity index (χ2n) is 14.3. The molecule has 2 heteroatoms. The van der Waals surface area contributed by atoms with Crippen LogP contribution < -0.4 is 0 Å². The Morgan fingerprint density at radius 3 is 2.35 bits per heavy atom. The molecule has 5 rings (SSSR count). The van der Waals surface area contributed by atoms with E-state index in [-0.39, 0.29) is 22.3 Å². The lowest BCUT2D eigenvalue weighted by Crippen LogP contribution is -2.60. The summed E-state index contributed by atoms with van der Waals surface area (Å²) in [4.78, 5) is 12.5. The number of hydrogen-bond donors (Lipinski definition) is 1. The number of fused-ring (bicyclic) bond motifs is 7. The Kier molecular flexibility index (Phi) is 4.80. The maximum absolute atomic E-state index is 12.5. The number of aliphatic hydroxyl groups is 1. The fourth-order valence-electron chi connectivity index (χ4n) is 10.1. The van der Waals surface area contributed by atoms with E-state index in [1.54, 1.807) is 5.57 Å². The van der Waals surface area contributed by atoms with Crippen molar-refractivity contribution in [3.63, 3.8) is 0 Å². The number of aldehydes is 1. The van der Waals surface area contributed by atoms with E-state index in [0.717, 1.165) is 25.2 Å². The van der Waals surface area contributed by atoms with Crippen molar-refractivity contribution in [2.24, 2.45) is 50.7 Å². The van der Waals surface area contributed by atoms with Gasteiger partial charge in [-0.3, -0.25) is 0 Å². The number of allylic oxidation sites excluding steroid dienone is 2. The summed E-state index contributed by atoms with van der Waals surface area (Å²) in [6, 6.07) is 0. The average Bonchev–Trinajstić information content (AvgIpc) is 2.71. The zero-order valence-corrected chi connectivity index (χ0v) is 21.0. The van der Waals surface area contributed by atoms with Crippen molar-refractivity contribution >= 4 is 6.29 Å². The summed E-state index contributed by atoms with van der Waals surface area (Å²) in [6.45, 7) is 14.6. The lowest BCUT2D eigenvalue weighted by atomic mass is 9.38. The second-order valence-corrected chi connectivity index (χ2v) is 14.3. The lowest BCUT2D eigenvalue weighted by molar-refractivity contribution is -0.164. The van der Waals surface area contributed by atoms with Crippen molar-refractivity contribution in [1.82, 2.24) is 0 Å². The van der Waals surface area contributed by atoms with Gasteiger partial charge in [0.1, 0.15) is 6.29 Å². The first-order chi connectivity index (χ1) is 14.4. The third-order valence-electron chi connectivity index (χ3n) is 12.1. The zero-order chi connectivity index (χ0) is 22.4. The van der Waals surface area contributed by atoms with Gasteiger partial charge in [-0.2, -0.15) is 0 Å². The summed E-state index contributed by atoms with van der Waals surface area (Å²) < 4.78 is 0. The fraction of sp³-hybridized carbons (Fsp3) is 0.897. The monoisotopic (exact) mass is 426 g/mol. The quantitative estimate of drug-likeness (QED) is 0.363. The smallest absolute Gasteiger partial charge is 0.126 e. The van der Waals surface area contributed by atoms with Crippen LogP contribution in [0.1, 0.15) is 106 Å². The lowest BCUT2D eigenvalue weighted by Gasteiger charge is -2.66. The molecule has 4 saturated carbocycles. The number of carbonyl (C=O) groups excluding carboxylic acids is 1. The van der Waals surface area contributed by atoms with Crippen molar-refractivity contribution in [2.45, 2.75) is 112 Å². The Bertz CT molecular complexity index is 793. The first kappa shape index (κ1) is 22.2. The van der Waals surface area contributed by atoms with Crippen LogP contribution in [-0.2, 0) is 4.79 Å². The highest BCUT2D eigenvalue weighted by Crippen LogP contribution is 2.71. The SMILES string of the molecule is CC1(C)CC[C@]2(C=O)CC=C3[C@@H]4CC[C@@H]5C(C)(C)[C@H](O)CC[C@@]5(C)[C@H]4CC[C@@]3(C)[C@H]2C1. The van der Waals surface area contributed by atoms with Crippen LogP contribution in [0.15, 0.2) is 11.6 Å². The van der Waals surface area contributed by atoms with Crippen LogP contribution >= 0.6 is 0 Å². The van der Waals surface area contributed by atoms with Gasteiger partial charge in [0.25, 0.3) is 0 Å². The number of aliphatic hydroxyl groups excluding tert-OH is 1. The van der Waals surface area contributed by atoms with Gasteiger partial charge >= 0.3 is 0 Å². The Hall–Kier alpha value is -0.630. The Morgan fingerprint density at radius 1 is 0.903 bits per heavy atom. The third-order valence-corrected chi connectivity index (χ3v) is 12.1. The van der Waals surface area contributed by atoms with Gasteiger partial charge < -0.3 is 9.90 Å². The van der Waals surface area contributed by atoms with E-state index < -0.39 is 0 Å². The molecule has 5 aliphatic rings. The van der Waals surface area contributed by atoms with E-state index >= 15 is 0 Å². The summed E-state index contributed by atoms with van der Waals surface area (Å²) in [6.07, 6.45) is 15.5. The van der Waals surface area contributed by atoms with Crippen molar-refractivity contribution in [3.8, 4) is 0 Å². The molecule has 0 aromatic heterocycles. The normalized spacial score (nSPS) is 52.6. The van der Waals surface area contributed by atoms with E-state index in [0.29, 0.717) is 28.6 Å². The molecule has 0 amide bonds. The van der Waals surface area contributed by atoms with Gasteiger partial charge in [0, 0.05) is 5.41 Å². The highest BCUT2D eigenvalue weighted by molar-refractivity contribution is 5.62. The van der Waals surface area contributed by atoms with Crippen molar-refractivity contribution in [2.75, 3.05) is 0 Å². The van der Waals surface area contributed by atoms with Crippen LogP contribution in [0, 0.1) is 50.7 Å². The molecule has 2 nitrogen and oxygen atoms in total. The van der Waals surface area contributed by atoms with Gasteiger partial charge in [0.15, 0.2) is 0 Å². The minimum absolute atomic E-state index is 0.0275. The highest BCUT2D eigenvalue weighted by atomic mass is 16.3. The molecule has 0 aromatic rings. The predicted molar refractivity (Wildman–Crippen MR) is 126 cm³/mol. The Morgan fingerprint density at radius 2 is 1.65 bits per heavy atom. The Labute approximate surface area is 190 Å². The van der Waals surface area contributed by atoms with Crippen molar-refractivity contribution in [1.29, 1.82) is 0 Å². The maximum Gasteiger partial charge on any atom is 0.126 e. The molecule has 0 saturated heterocycles. The summed E-state index contributed by atoms with van der Waals surface area (Å²) in [5.74, 6) is 2.58. The van der Waals surface area contributed by atoms with Gasteiger partial charge in [-0.15, -0.1) is 0 Å². The van der Waals surface area contributed by atoms with Crippen LogP contribution in [0.2, 0.25) is 0 Å². The molecule has 0 radical (unpaired) electrons. The topological polar surface area (TPSA) is 37.3 Å². The Balaban J connectivity index is 1.52. The molecule has 0 aromatic carbocycles. The van der Waals surface area contributed by atoms with Crippen LogP contribution in [0.5, 0.6) is 0 Å². The average molecular weight is 427 g/mol. The van der Waals surface area contributed by atoms with E-state index in [1.807, 2.05) is 0 Å². The summed E-state index contributed by atoms with van der Waals surface area (Å²) >= 11 is 0. The molecule has 0 spiro atoms. The van der Waals surface area contributed by atoms with Crippen molar-refractivity contribution in [3.05, 3.63) is 11.6 Å². The van der Waals surface area contributed by atoms with Crippen molar-refractivity contribution < 1.29 is 9.90 Å². The molecule has 0 heterocycles. The second kappa shape index (κ2) is 6.71. The first-order valence-electron chi connectivity index (χ1n) is 13.2. The molecular formula is C29H46O2. The number of carbonyl (C=O) groups is 1.